The first-order valence-electron chi connectivity index (χ1n) is 15.4. The molecule has 2 aromatic carbocycles. The van der Waals surface area contributed by atoms with Crippen LogP contribution in [-0.4, -0.2) is 78.8 Å². The van der Waals surface area contributed by atoms with Crippen LogP contribution >= 0.6 is 0 Å². The van der Waals surface area contributed by atoms with Crippen LogP contribution in [0.1, 0.15) is 50.7 Å². The van der Waals surface area contributed by atoms with Crippen LogP contribution in [0.2, 0.25) is 0 Å². The number of carbonyl (C=O) groups is 2. The summed E-state index contributed by atoms with van der Waals surface area (Å²) < 4.78 is 24.8. The van der Waals surface area contributed by atoms with Crippen LogP contribution in [0.4, 0.5) is 14.9 Å². The van der Waals surface area contributed by atoms with Gasteiger partial charge in [-0.1, -0.05) is 6.08 Å². The Labute approximate surface area is 258 Å². The number of carbonyl (C=O) groups excluding carboxylic acids is 2. The van der Waals surface area contributed by atoms with Gasteiger partial charge in [0.05, 0.1) is 25.4 Å². The molecule has 4 aliphatic heterocycles. The van der Waals surface area contributed by atoms with Gasteiger partial charge in [-0.3, -0.25) is 9.69 Å². The highest BCUT2D eigenvalue weighted by Gasteiger charge is 2.54. The minimum absolute atomic E-state index is 0.0141. The van der Waals surface area contributed by atoms with E-state index >= 15 is 0 Å². The first-order chi connectivity index (χ1) is 21.3. The third-order valence-electron chi connectivity index (χ3n) is 9.58. The van der Waals surface area contributed by atoms with Crippen LogP contribution in [0.25, 0.3) is 0 Å². The Kier molecular flexibility index (Phi) is 8.09. The summed E-state index contributed by atoms with van der Waals surface area (Å²) in [6, 6.07) is 10.1. The number of benzene rings is 2. The van der Waals surface area contributed by atoms with Crippen LogP contribution in [0.15, 0.2) is 64.5 Å². The number of hydrogen-bond acceptors (Lipinski definition) is 6. The van der Waals surface area contributed by atoms with Crippen molar-refractivity contribution in [3.8, 4) is 11.5 Å². The fourth-order valence-electron chi connectivity index (χ4n) is 7.30. The van der Waals surface area contributed by atoms with Crippen molar-refractivity contribution in [3.63, 3.8) is 0 Å². The van der Waals surface area contributed by atoms with E-state index in [9.17, 15) is 14.0 Å². The number of fused-ring (bicyclic) bond motifs is 3. The number of rotatable bonds is 5. The summed E-state index contributed by atoms with van der Waals surface area (Å²) in [4.78, 5) is 33.7. The van der Waals surface area contributed by atoms with Crippen LogP contribution in [-0.2, 0) is 17.6 Å². The second-order valence-corrected chi connectivity index (χ2v) is 11.7. The molecule has 0 unspecified atom stereocenters. The molecular weight excluding hydrogens is 561 g/mol. The fourth-order valence-corrected chi connectivity index (χ4v) is 7.30. The number of amides is 3. The molecule has 6 rings (SSSR count). The zero-order valence-electron chi connectivity index (χ0n) is 25.9. The van der Waals surface area contributed by atoms with Gasteiger partial charge < -0.3 is 19.3 Å². The van der Waals surface area contributed by atoms with E-state index in [2.05, 4.69) is 17.2 Å². The summed E-state index contributed by atoms with van der Waals surface area (Å²) in [7, 11) is 3.34. The number of halogens is 1. The summed E-state index contributed by atoms with van der Waals surface area (Å²) in [6.07, 6.45) is 8.05. The summed E-state index contributed by atoms with van der Waals surface area (Å²) >= 11 is 0. The van der Waals surface area contributed by atoms with E-state index in [0.717, 1.165) is 46.9 Å². The molecule has 2 aromatic rings. The van der Waals surface area contributed by atoms with Gasteiger partial charge in [0.25, 0.3) is 5.91 Å². The first kappa shape index (κ1) is 29.7. The second kappa shape index (κ2) is 12.0. The molecule has 0 bridgehead atoms. The number of anilines is 1. The number of piperidine rings is 1. The van der Waals surface area contributed by atoms with E-state index in [0.29, 0.717) is 63.1 Å². The van der Waals surface area contributed by atoms with Crippen molar-refractivity contribution < 1.29 is 23.5 Å². The second-order valence-electron chi connectivity index (χ2n) is 11.7. The lowest BCUT2D eigenvalue weighted by Crippen LogP contribution is -2.55. The van der Waals surface area contributed by atoms with Crippen molar-refractivity contribution in [1.82, 2.24) is 14.7 Å². The Balaban J connectivity index is 1.23. The van der Waals surface area contributed by atoms with Gasteiger partial charge in [-0.2, -0.15) is 5.10 Å². The molecule has 2 saturated heterocycles. The van der Waals surface area contributed by atoms with E-state index < -0.39 is 5.54 Å². The predicted octanol–water partition coefficient (Wildman–Crippen LogP) is 5.50. The van der Waals surface area contributed by atoms with Gasteiger partial charge in [-0.25, -0.2) is 14.2 Å². The van der Waals surface area contributed by atoms with Gasteiger partial charge in [0.15, 0.2) is 0 Å². The quantitative estimate of drug-likeness (QED) is 0.452. The normalized spacial score (nSPS) is 20.9. The summed E-state index contributed by atoms with van der Waals surface area (Å²) in [5.41, 5.74) is 5.05. The van der Waals surface area contributed by atoms with E-state index in [1.807, 2.05) is 34.6 Å². The van der Waals surface area contributed by atoms with Crippen molar-refractivity contribution >= 4 is 23.8 Å². The first-order valence-corrected chi connectivity index (χ1v) is 15.4. The van der Waals surface area contributed by atoms with Crippen molar-refractivity contribution in [1.29, 1.82) is 0 Å². The maximum Gasteiger partial charge on any atom is 0.325 e. The topological polar surface area (TPSA) is 77.9 Å². The smallest absolute Gasteiger partial charge is 0.325 e. The van der Waals surface area contributed by atoms with Crippen molar-refractivity contribution in [2.45, 2.75) is 57.9 Å². The van der Waals surface area contributed by atoms with Gasteiger partial charge in [0.1, 0.15) is 17.3 Å². The Morgan fingerprint density at radius 3 is 2.48 bits per heavy atom. The monoisotopic (exact) mass is 601 g/mol. The third-order valence-corrected chi connectivity index (χ3v) is 9.58. The van der Waals surface area contributed by atoms with Crippen molar-refractivity contribution in [2.24, 2.45) is 5.10 Å². The number of hydrogen-bond donors (Lipinski definition) is 0. The molecular formula is C34H40FN5O4. The number of likely N-dealkylation sites (N-methyl/N-ethyl adjacent to an activating group) is 1. The standard InChI is InChI=1S/C34H40FN5O4/c1-5-39-33(42)38-18-14-24-21-27(43-3)22-30(44-4)29(24)7-6-8-31(38)34(39)15-19-37(20-16-34)32(41)28-13-17-36-40(23(28)2)26-11-9-25(35)10-12-26/h8-12,17,21-22H,5-7,13-16,18-20H2,1-4H3/b31-8-. The van der Waals surface area contributed by atoms with Crippen molar-refractivity contribution in [3.05, 3.63) is 76.4 Å². The van der Waals surface area contributed by atoms with E-state index in [1.54, 1.807) is 37.6 Å². The van der Waals surface area contributed by atoms with Gasteiger partial charge in [0, 0.05) is 61.8 Å². The molecule has 0 N–H and O–H groups in total. The number of ether oxygens (including phenoxy) is 2. The minimum atomic E-state index is -0.446. The predicted molar refractivity (Wildman–Crippen MR) is 167 cm³/mol. The molecule has 2 fully saturated rings. The largest absolute Gasteiger partial charge is 0.497 e. The summed E-state index contributed by atoms with van der Waals surface area (Å²) in [6.45, 7) is 6.18. The SMILES string of the molecule is CCN1C(=O)N2CCc3cc(OC)cc(OC)c3CC/C=C\2C12CCN(C(=O)C1=C(C)N(c3ccc(F)cc3)N=CC1)CC2. The Morgan fingerprint density at radius 1 is 1.05 bits per heavy atom. The molecule has 1 spiro atoms. The highest BCUT2D eigenvalue weighted by atomic mass is 19.1. The average Bonchev–Trinajstić information content (AvgIpc) is 3.31. The molecule has 0 aromatic heterocycles. The lowest BCUT2D eigenvalue weighted by Gasteiger charge is -2.44. The molecule has 0 atom stereocenters. The van der Waals surface area contributed by atoms with Crippen LogP contribution < -0.4 is 14.5 Å². The molecule has 10 heteroatoms. The Morgan fingerprint density at radius 2 is 1.80 bits per heavy atom. The summed E-state index contributed by atoms with van der Waals surface area (Å²) in [5, 5.41) is 6.16. The zero-order chi connectivity index (χ0) is 31.0. The lowest BCUT2D eigenvalue weighted by atomic mass is 9.82. The molecule has 0 saturated carbocycles. The van der Waals surface area contributed by atoms with Gasteiger partial charge in [-0.05, 0) is 87.4 Å². The average molecular weight is 602 g/mol. The molecule has 9 nitrogen and oxygen atoms in total. The zero-order valence-corrected chi connectivity index (χ0v) is 25.9. The number of urea groups is 1. The minimum Gasteiger partial charge on any atom is -0.497 e. The van der Waals surface area contributed by atoms with Crippen LogP contribution in [0, 0.1) is 5.82 Å². The van der Waals surface area contributed by atoms with Gasteiger partial charge in [0.2, 0.25) is 0 Å². The maximum absolute atomic E-state index is 13.9. The molecule has 44 heavy (non-hydrogen) atoms. The van der Waals surface area contributed by atoms with Gasteiger partial charge >= 0.3 is 6.03 Å². The van der Waals surface area contributed by atoms with Crippen molar-refractivity contribution in [2.75, 3.05) is 45.4 Å². The number of allylic oxidation sites excluding steroid dienone is 2. The molecule has 0 aliphatic carbocycles. The van der Waals surface area contributed by atoms with E-state index in [1.165, 1.54) is 12.1 Å². The van der Waals surface area contributed by atoms with Gasteiger partial charge in [-0.15, -0.1) is 0 Å². The van der Waals surface area contributed by atoms with Crippen LogP contribution in [0.3, 0.4) is 0 Å². The molecule has 0 radical (unpaired) electrons. The van der Waals surface area contributed by atoms with Crippen LogP contribution in [0.5, 0.6) is 11.5 Å². The molecule has 232 valence electrons. The molecule has 4 heterocycles. The number of likely N-dealkylation sites (tertiary alicyclic amines) is 1. The molecule has 4 aliphatic rings. The number of methoxy groups -OCH3 is 2. The van der Waals surface area contributed by atoms with E-state index in [-0.39, 0.29) is 17.8 Å². The number of hydrazone groups is 1. The summed E-state index contributed by atoms with van der Waals surface area (Å²) in [5.74, 6) is 1.23. The Bertz CT molecular complexity index is 1540. The highest BCUT2D eigenvalue weighted by Crippen LogP contribution is 2.45. The fraction of sp³-hybridized carbons (Fsp3) is 0.441. The molecule has 3 amide bonds. The Hall–Kier alpha value is -4.34. The maximum atomic E-state index is 13.9. The van der Waals surface area contributed by atoms with E-state index in [4.69, 9.17) is 9.47 Å². The number of nitrogens with zero attached hydrogens (tertiary/aromatic N) is 5. The third kappa shape index (κ3) is 5.00. The highest BCUT2D eigenvalue weighted by molar-refractivity contribution is 5.98. The lowest BCUT2D eigenvalue weighted by molar-refractivity contribution is -0.129.